The maximum Gasteiger partial charge on any atom is 0.277 e. The number of nitrogens with zero attached hydrogens (tertiary/aromatic N) is 2. The van der Waals surface area contributed by atoms with Crippen LogP contribution >= 0.6 is 15.9 Å². The number of halogens is 1. The zero-order valence-corrected chi connectivity index (χ0v) is 11.8. The molecule has 0 atom stereocenters. The van der Waals surface area contributed by atoms with Gasteiger partial charge in [0.15, 0.2) is 0 Å². The average molecular weight is 322 g/mol. The van der Waals surface area contributed by atoms with Crippen molar-refractivity contribution in [1.29, 1.82) is 0 Å². The first-order valence-electron chi connectivity index (χ1n) is 5.65. The molecular formula is C13H12BrN3O2. The Morgan fingerprint density at radius 3 is 2.89 bits per heavy atom. The monoisotopic (exact) mass is 321 g/mol. The fraction of sp³-hybridized carbons (Fsp3) is 0.154. The predicted octanol–water partition coefficient (Wildman–Crippen LogP) is 3.67. The van der Waals surface area contributed by atoms with Gasteiger partial charge in [0, 0.05) is 22.8 Å². The maximum atomic E-state index is 10.8. The van der Waals surface area contributed by atoms with Crippen LogP contribution < -0.4 is 5.32 Å². The first-order valence-corrected chi connectivity index (χ1v) is 6.45. The number of anilines is 1. The number of hydrogen-bond donors (Lipinski definition) is 1. The highest BCUT2D eigenvalue weighted by Crippen LogP contribution is 2.20. The van der Waals surface area contributed by atoms with Gasteiger partial charge in [-0.2, -0.15) is 0 Å². The third-order valence-corrected chi connectivity index (χ3v) is 3.13. The lowest BCUT2D eigenvalue weighted by Crippen LogP contribution is -2.03. The van der Waals surface area contributed by atoms with Crippen molar-refractivity contribution < 1.29 is 4.92 Å². The van der Waals surface area contributed by atoms with Gasteiger partial charge in [-0.25, -0.2) is 4.98 Å². The number of hydrogen-bond acceptors (Lipinski definition) is 4. The summed E-state index contributed by atoms with van der Waals surface area (Å²) in [5.41, 5.74) is 1.70. The molecule has 1 aromatic heterocycles. The summed E-state index contributed by atoms with van der Waals surface area (Å²) in [6.07, 6.45) is 1.50. The van der Waals surface area contributed by atoms with E-state index < -0.39 is 4.92 Å². The van der Waals surface area contributed by atoms with Gasteiger partial charge < -0.3 is 5.32 Å². The Kier molecular flexibility index (Phi) is 4.11. The van der Waals surface area contributed by atoms with Crippen LogP contribution in [-0.4, -0.2) is 9.91 Å². The number of pyridine rings is 1. The molecule has 19 heavy (non-hydrogen) atoms. The summed E-state index contributed by atoms with van der Waals surface area (Å²) < 4.78 is 0.995. The summed E-state index contributed by atoms with van der Waals surface area (Å²) in [5.74, 6) is 0.497. The fourth-order valence-electron chi connectivity index (χ4n) is 1.65. The van der Waals surface area contributed by atoms with Crippen molar-refractivity contribution in [2.75, 3.05) is 5.32 Å². The summed E-state index contributed by atoms with van der Waals surface area (Å²) in [4.78, 5) is 14.6. The Labute approximate surface area is 119 Å². The largest absolute Gasteiger partial charge is 0.366 e. The minimum atomic E-state index is -0.401. The Bertz CT molecular complexity index is 617. The van der Waals surface area contributed by atoms with E-state index in [0.717, 1.165) is 10.0 Å². The number of benzene rings is 1. The molecule has 1 aromatic carbocycles. The van der Waals surface area contributed by atoms with Gasteiger partial charge >= 0.3 is 0 Å². The van der Waals surface area contributed by atoms with Crippen LogP contribution in [0.5, 0.6) is 0 Å². The number of nitro groups is 1. The molecule has 0 radical (unpaired) electrons. The van der Waals surface area contributed by atoms with E-state index in [1.54, 1.807) is 6.92 Å². The number of aryl methyl sites for hydroxylation is 1. The standard InChI is InChI=1S/C13H12BrN3O2/c1-9-7-15-13(6-12(9)17(18)19)16-8-10-3-2-4-11(14)5-10/h2-7H,8H2,1H3,(H,15,16). The molecule has 0 saturated heterocycles. The predicted molar refractivity (Wildman–Crippen MR) is 77.1 cm³/mol. The van der Waals surface area contributed by atoms with Crippen LogP contribution in [0.15, 0.2) is 41.0 Å². The lowest BCUT2D eigenvalue weighted by molar-refractivity contribution is -0.385. The summed E-state index contributed by atoms with van der Waals surface area (Å²) in [6.45, 7) is 2.23. The molecular weight excluding hydrogens is 310 g/mol. The topological polar surface area (TPSA) is 68.1 Å². The van der Waals surface area contributed by atoms with Gasteiger partial charge in [-0.3, -0.25) is 10.1 Å². The van der Waals surface area contributed by atoms with E-state index in [1.807, 2.05) is 24.3 Å². The van der Waals surface area contributed by atoms with E-state index in [0.29, 0.717) is 17.9 Å². The van der Waals surface area contributed by atoms with E-state index in [1.165, 1.54) is 12.3 Å². The van der Waals surface area contributed by atoms with Crippen molar-refractivity contribution in [3.63, 3.8) is 0 Å². The lowest BCUT2D eigenvalue weighted by atomic mass is 10.2. The molecule has 5 nitrogen and oxygen atoms in total. The Morgan fingerprint density at radius 2 is 2.21 bits per heavy atom. The lowest BCUT2D eigenvalue weighted by Gasteiger charge is -2.06. The smallest absolute Gasteiger partial charge is 0.277 e. The first kappa shape index (κ1) is 13.5. The van der Waals surface area contributed by atoms with Gasteiger partial charge in [0.1, 0.15) is 5.82 Å². The molecule has 2 aromatic rings. The van der Waals surface area contributed by atoms with E-state index in [4.69, 9.17) is 0 Å². The summed E-state index contributed by atoms with van der Waals surface area (Å²) in [7, 11) is 0. The normalized spacial score (nSPS) is 10.2. The van der Waals surface area contributed by atoms with Crippen LogP contribution in [0.3, 0.4) is 0 Å². The minimum Gasteiger partial charge on any atom is -0.366 e. The molecule has 0 amide bonds. The van der Waals surface area contributed by atoms with Gasteiger partial charge in [-0.05, 0) is 24.6 Å². The highest BCUT2D eigenvalue weighted by molar-refractivity contribution is 9.10. The Balaban J connectivity index is 2.12. The van der Waals surface area contributed by atoms with Gasteiger partial charge in [0.25, 0.3) is 5.69 Å². The van der Waals surface area contributed by atoms with E-state index in [2.05, 4.69) is 26.2 Å². The third kappa shape index (κ3) is 3.51. The van der Waals surface area contributed by atoms with Crippen LogP contribution in [0.25, 0.3) is 0 Å². The van der Waals surface area contributed by atoms with Crippen molar-refractivity contribution in [1.82, 2.24) is 4.98 Å². The SMILES string of the molecule is Cc1cnc(NCc2cccc(Br)c2)cc1[N+](=O)[O-]. The summed E-state index contributed by atoms with van der Waals surface area (Å²) in [5, 5.41) is 13.9. The zero-order chi connectivity index (χ0) is 13.8. The first-order chi connectivity index (χ1) is 9.06. The third-order valence-electron chi connectivity index (χ3n) is 2.63. The molecule has 1 heterocycles. The number of aromatic nitrogens is 1. The van der Waals surface area contributed by atoms with E-state index in [9.17, 15) is 10.1 Å². The van der Waals surface area contributed by atoms with Crippen molar-refractivity contribution in [3.8, 4) is 0 Å². The molecule has 0 aliphatic carbocycles. The molecule has 0 aliphatic rings. The molecule has 0 saturated carbocycles. The van der Waals surface area contributed by atoms with Crippen LogP contribution in [-0.2, 0) is 6.54 Å². The van der Waals surface area contributed by atoms with Gasteiger partial charge in [-0.1, -0.05) is 28.1 Å². The summed E-state index contributed by atoms with van der Waals surface area (Å²) >= 11 is 3.40. The van der Waals surface area contributed by atoms with E-state index >= 15 is 0 Å². The number of rotatable bonds is 4. The van der Waals surface area contributed by atoms with Crippen molar-refractivity contribution in [2.45, 2.75) is 13.5 Å². The fourth-order valence-corrected chi connectivity index (χ4v) is 2.09. The molecule has 2 rings (SSSR count). The van der Waals surface area contributed by atoms with Crippen LogP contribution in [0, 0.1) is 17.0 Å². The Morgan fingerprint density at radius 1 is 1.42 bits per heavy atom. The van der Waals surface area contributed by atoms with E-state index in [-0.39, 0.29) is 5.69 Å². The van der Waals surface area contributed by atoms with Gasteiger partial charge in [0.2, 0.25) is 0 Å². The van der Waals surface area contributed by atoms with Crippen LogP contribution in [0.1, 0.15) is 11.1 Å². The second kappa shape index (κ2) is 5.79. The number of nitrogens with one attached hydrogen (secondary N) is 1. The molecule has 0 spiro atoms. The molecule has 0 unspecified atom stereocenters. The molecule has 0 fully saturated rings. The molecule has 98 valence electrons. The molecule has 0 aliphatic heterocycles. The van der Waals surface area contributed by atoms with Crippen LogP contribution in [0.4, 0.5) is 11.5 Å². The maximum absolute atomic E-state index is 10.8. The highest BCUT2D eigenvalue weighted by Gasteiger charge is 2.11. The summed E-state index contributed by atoms with van der Waals surface area (Å²) in [6, 6.07) is 9.29. The minimum absolute atomic E-state index is 0.0757. The second-order valence-corrected chi connectivity index (χ2v) is 5.01. The van der Waals surface area contributed by atoms with Crippen molar-refractivity contribution >= 4 is 27.4 Å². The Hall–Kier alpha value is -1.95. The quantitative estimate of drug-likeness (QED) is 0.689. The average Bonchev–Trinajstić information content (AvgIpc) is 2.37. The van der Waals surface area contributed by atoms with Crippen molar-refractivity contribution in [3.05, 3.63) is 62.2 Å². The van der Waals surface area contributed by atoms with Crippen molar-refractivity contribution in [2.24, 2.45) is 0 Å². The van der Waals surface area contributed by atoms with Gasteiger partial charge in [0.05, 0.1) is 11.0 Å². The highest BCUT2D eigenvalue weighted by atomic mass is 79.9. The molecule has 0 bridgehead atoms. The second-order valence-electron chi connectivity index (χ2n) is 4.10. The zero-order valence-electron chi connectivity index (χ0n) is 10.3. The van der Waals surface area contributed by atoms with Crippen LogP contribution in [0.2, 0.25) is 0 Å². The van der Waals surface area contributed by atoms with Gasteiger partial charge in [-0.15, -0.1) is 0 Å². The molecule has 1 N–H and O–H groups in total. The molecule has 6 heteroatoms.